The zero-order chi connectivity index (χ0) is 21.3. The van der Waals surface area contributed by atoms with E-state index in [0.717, 1.165) is 43.3 Å². The van der Waals surface area contributed by atoms with Crippen molar-refractivity contribution >= 4 is 5.96 Å². The number of aryl methyl sites for hydroxylation is 2. The smallest absolute Gasteiger partial charge is 0.191 e. The van der Waals surface area contributed by atoms with Gasteiger partial charge < -0.3 is 15.5 Å². The molecule has 164 valence electrons. The third-order valence-electron chi connectivity index (χ3n) is 5.84. The first-order valence-corrected chi connectivity index (χ1v) is 11.5. The molecule has 2 N–H and O–H groups in total. The molecule has 1 aliphatic heterocycles. The maximum atomic E-state index is 4.83. The number of piperidine rings is 1. The van der Waals surface area contributed by atoms with Gasteiger partial charge in [-0.1, -0.05) is 18.2 Å². The van der Waals surface area contributed by atoms with Gasteiger partial charge in [0.15, 0.2) is 5.96 Å². The predicted octanol–water partition coefficient (Wildman–Crippen LogP) is 3.54. The minimum absolute atomic E-state index is 0.518. The van der Waals surface area contributed by atoms with Crippen LogP contribution in [0.5, 0.6) is 0 Å². The van der Waals surface area contributed by atoms with E-state index < -0.39 is 0 Å². The van der Waals surface area contributed by atoms with E-state index >= 15 is 0 Å². The highest BCUT2D eigenvalue weighted by atomic mass is 15.3. The van der Waals surface area contributed by atoms with Gasteiger partial charge in [-0.3, -0.25) is 4.99 Å². The molecule has 2 aromatic rings. The lowest BCUT2D eigenvalue weighted by molar-refractivity contribution is 0.167. The van der Waals surface area contributed by atoms with Crippen molar-refractivity contribution in [3.8, 4) is 5.69 Å². The van der Waals surface area contributed by atoms with E-state index in [1.54, 1.807) is 0 Å². The Morgan fingerprint density at radius 2 is 1.93 bits per heavy atom. The van der Waals surface area contributed by atoms with Gasteiger partial charge in [-0.25, -0.2) is 4.68 Å². The van der Waals surface area contributed by atoms with E-state index in [9.17, 15) is 0 Å². The lowest BCUT2D eigenvalue weighted by Gasteiger charge is -2.35. The molecule has 0 unspecified atom stereocenters. The van der Waals surface area contributed by atoms with Gasteiger partial charge in [0.25, 0.3) is 0 Å². The maximum absolute atomic E-state index is 4.83. The first-order valence-electron chi connectivity index (χ1n) is 11.5. The van der Waals surface area contributed by atoms with Gasteiger partial charge in [0, 0.05) is 44.5 Å². The molecule has 1 aromatic carbocycles. The molecule has 2 heterocycles. The summed E-state index contributed by atoms with van der Waals surface area (Å²) in [5, 5.41) is 11.7. The fourth-order valence-electron chi connectivity index (χ4n) is 3.99. The van der Waals surface area contributed by atoms with Gasteiger partial charge in [-0.05, 0) is 71.1 Å². The van der Waals surface area contributed by atoms with Gasteiger partial charge >= 0.3 is 0 Å². The van der Waals surface area contributed by atoms with Gasteiger partial charge in [-0.2, -0.15) is 5.10 Å². The topological polar surface area (TPSA) is 57.5 Å². The van der Waals surface area contributed by atoms with Crippen LogP contribution in [0.1, 0.15) is 51.3 Å². The van der Waals surface area contributed by atoms with Crippen LogP contribution in [0.2, 0.25) is 0 Å². The Labute approximate surface area is 181 Å². The Bertz CT molecular complexity index is 787. The summed E-state index contributed by atoms with van der Waals surface area (Å²) in [6.45, 7) is 12.8. The van der Waals surface area contributed by atoms with Gasteiger partial charge in [0.2, 0.25) is 0 Å². The molecule has 1 saturated heterocycles. The zero-order valence-corrected chi connectivity index (χ0v) is 19.1. The number of benzene rings is 1. The van der Waals surface area contributed by atoms with Crippen LogP contribution in [0.25, 0.3) is 5.69 Å². The molecular weight excluding hydrogens is 372 g/mol. The van der Waals surface area contributed by atoms with Crippen LogP contribution in [-0.4, -0.2) is 58.9 Å². The van der Waals surface area contributed by atoms with Crippen molar-refractivity contribution in [2.45, 2.75) is 65.5 Å². The summed E-state index contributed by atoms with van der Waals surface area (Å²) in [6, 6.07) is 11.4. The Hall–Kier alpha value is -2.34. The Balaban J connectivity index is 1.49. The van der Waals surface area contributed by atoms with Crippen LogP contribution in [0.4, 0.5) is 0 Å². The minimum atomic E-state index is 0.518. The molecule has 3 rings (SSSR count). The number of guanidine groups is 1. The summed E-state index contributed by atoms with van der Waals surface area (Å²) in [7, 11) is 0. The van der Waals surface area contributed by atoms with E-state index in [0.29, 0.717) is 12.1 Å². The normalized spacial score (nSPS) is 16.2. The summed E-state index contributed by atoms with van der Waals surface area (Å²) in [6.07, 6.45) is 6.53. The second kappa shape index (κ2) is 11.2. The van der Waals surface area contributed by atoms with Gasteiger partial charge in [0.05, 0.1) is 11.4 Å². The molecule has 0 saturated carbocycles. The molecule has 6 nitrogen and oxygen atoms in total. The molecule has 1 aliphatic rings. The average Bonchev–Trinajstić information content (AvgIpc) is 3.13. The summed E-state index contributed by atoms with van der Waals surface area (Å²) >= 11 is 0. The molecule has 1 fully saturated rings. The number of rotatable bonds is 8. The van der Waals surface area contributed by atoms with Crippen molar-refractivity contribution in [1.29, 1.82) is 0 Å². The quantitative estimate of drug-likeness (QED) is 0.397. The predicted molar refractivity (Wildman–Crippen MR) is 125 cm³/mol. The molecule has 0 atom stereocenters. The minimum Gasteiger partial charge on any atom is -0.357 e. The highest BCUT2D eigenvalue weighted by Crippen LogP contribution is 2.14. The third-order valence-corrected chi connectivity index (χ3v) is 5.84. The van der Waals surface area contributed by atoms with Crippen LogP contribution in [0, 0.1) is 6.92 Å². The van der Waals surface area contributed by atoms with E-state index in [2.05, 4.69) is 66.7 Å². The number of aliphatic imine (C=N–C) groups is 1. The van der Waals surface area contributed by atoms with Gasteiger partial charge in [0.1, 0.15) is 0 Å². The number of para-hydroxylation sites is 1. The molecule has 0 amide bonds. The summed E-state index contributed by atoms with van der Waals surface area (Å²) in [4.78, 5) is 7.38. The summed E-state index contributed by atoms with van der Waals surface area (Å²) in [5.41, 5.74) is 3.50. The maximum Gasteiger partial charge on any atom is 0.191 e. The van der Waals surface area contributed by atoms with Crippen molar-refractivity contribution in [3.63, 3.8) is 0 Å². The molecule has 0 bridgehead atoms. The average molecular weight is 411 g/mol. The highest BCUT2D eigenvalue weighted by Gasteiger charge is 2.21. The number of nitrogens with zero attached hydrogens (tertiary/aromatic N) is 4. The number of hydrogen-bond acceptors (Lipinski definition) is 3. The molecule has 30 heavy (non-hydrogen) atoms. The first kappa shape index (κ1) is 22.3. The van der Waals surface area contributed by atoms with Crippen molar-refractivity contribution < 1.29 is 0 Å². The van der Waals surface area contributed by atoms with E-state index in [-0.39, 0.29) is 0 Å². The number of nitrogens with one attached hydrogen (secondary N) is 2. The van der Waals surface area contributed by atoms with E-state index in [1.807, 2.05) is 22.9 Å². The molecule has 0 aliphatic carbocycles. The number of likely N-dealkylation sites (tertiary alicyclic amines) is 1. The van der Waals surface area contributed by atoms with Crippen LogP contribution in [0.3, 0.4) is 0 Å². The summed E-state index contributed by atoms with van der Waals surface area (Å²) < 4.78 is 1.98. The Morgan fingerprint density at radius 1 is 1.20 bits per heavy atom. The fourth-order valence-corrected chi connectivity index (χ4v) is 3.99. The fraction of sp³-hybridized carbons (Fsp3) is 0.583. The number of aromatic nitrogens is 2. The van der Waals surface area contributed by atoms with Crippen molar-refractivity contribution in [3.05, 3.63) is 47.8 Å². The van der Waals surface area contributed by atoms with Crippen molar-refractivity contribution in [2.24, 2.45) is 4.99 Å². The van der Waals surface area contributed by atoms with Crippen LogP contribution < -0.4 is 10.6 Å². The van der Waals surface area contributed by atoms with Crippen LogP contribution in [-0.2, 0) is 6.42 Å². The molecular formula is C24H38N6. The SMILES string of the molecule is CCNC(=NCCCc1cn(-c2ccccc2)nc1C)NC1CCN(C(C)C)CC1. The monoisotopic (exact) mass is 410 g/mol. The standard InChI is InChI=1S/C24H38N6/c1-5-25-24(27-22-13-16-29(17-14-22)19(2)3)26-15-9-10-21-18-30(28-20(21)4)23-11-7-6-8-12-23/h6-8,11-12,18-19,22H,5,9-10,13-17H2,1-4H3,(H2,25,26,27). The van der Waals surface area contributed by atoms with E-state index in [4.69, 9.17) is 4.99 Å². The van der Waals surface area contributed by atoms with E-state index in [1.165, 1.54) is 31.5 Å². The zero-order valence-electron chi connectivity index (χ0n) is 19.1. The molecule has 0 radical (unpaired) electrons. The van der Waals surface area contributed by atoms with Crippen molar-refractivity contribution in [1.82, 2.24) is 25.3 Å². The Morgan fingerprint density at radius 3 is 2.60 bits per heavy atom. The van der Waals surface area contributed by atoms with Gasteiger partial charge in [-0.15, -0.1) is 0 Å². The first-order chi connectivity index (χ1) is 14.6. The van der Waals surface area contributed by atoms with Crippen molar-refractivity contribution in [2.75, 3.05) is 26.2 Å². The molecule has 0 spiro atoms. The molecule has 1 aromatic heterocycles. The lowest BCUT2D eigenvalue weighted by atomic mass is 10.0. The largest absolute Gasteiger partial charge is 0.357 e. The van der Waals surface area contributed by atoms with Crippen LogP contribution in [0.15, 0.2) is 41.5 Å². The third kappa shape index (κ3) is 6.33. The summed E-state index contributed by atoms with van der Waals surface area (Å²) in [5.74, 6) is 0.956. The second-order valence-corrected chi connectivity index (χ2v) is 8.43. The Kier molecular flexibility index (Phi) is 8.31. The number of hydrogen-bond donors (Lipinski definition) is 2. The van der Waals surface area contributed by atoms with Crippen LogP contribution >= 0.6 is 0 Å². The molecule has 6 heteroatoms. The lowest BCUT2D eigenvalue weighted by Crippen LogP contribution is -2.49. The second-order valence-electron chi connectivity index (χ2n) is 8.43. The highest BCUT2D eigenvalue weighted by molar-refractivity contribution is 5.80.